The molecule has 2 radical (unpaired) electrons. The molecule has 0 saturated heterocycles. The summed E-state index contributed by atoms with van der Waals surface area (Å²) in [5, 5.41) is 17.6. The van der Waals surface area contributed by atoms with Gasteiger partial charge in [0.25, 0.3) is 0 Å². The number of carboxylic acid groups (broad SMARTS) is 2. The summed E-state index contributed by atoms with van der Waals surface area (Å²) in [6.07, 6.45) is 11.1. The van der Waals surface area contributed by atoms with Crippen molar-refractivity contribution in [3.8, 4) is 0 Å². The fraction of sp³-hybridized carbons (Fsp3) is 0.875. The van der Waals surface area contributed by atoms with E-state index in [0.717, 1.165) is 70.6 Å². The topological polar surface area (TPSA) is 74.6 Å². The SMILES string of the molecule is CCCCC(CCCCCCCCCC(=O)O)C(=O)O.[Na].[Na]. The van der Waals surface area contributed by atoms with Gasteiger partial charge in [-0.05, 0) is 19.3 Å². The molecule has 0 aliphatic rings. The first-order valence-corrected chi connectivity index (χ1v) is 8.02. The van der Waals surface area contributed by atoms with Crippen LogP contribution >= 0.6 is 0 Å². The van der Waals surface area contributed by atoms with E-state index in [2.05, 4.69) is 6.92 Å². The van der Waals surface area contributed by atoms with Crippen molar-refractivity contribution in [2.45, 2.75) is 84.0 Å². The van der Waals surface area contributed by atoms with Crippen molar-refractivity contribution in [2.24, 2.45) is 5.92 Å². The third-order valence-electron chi connectivity index (χ3n) is 3.70. The molecule has 0 aliphatic heterocycles. The van der Waals surface area contributed by atoms with Gasteiger partial charge in [-0.3, -0.25) is 9.59 Å². The molecule has 0 bridgehead atoms. The summed E-state index contributed by atoms with van der Waals surface area (Å²) in [5.41, 5.74) is 0. The first-order valence-electron chi connectivity index (χ1n) is 8.02. The molecule has 0 rings (SSSR count). The van der Waals surface area contributed by atoms with Crippen LogP contribution in [-0.2, 0) is 9.59 Å². The van der Waals surface area contributed by atoms with Crippen molar-refractivity contribution < 1.29 is 19.8 Å². The van der Waals surface area contributed by atoms with Crippen LogP contribution in [0.25, 0.3) is 0 Å². The average Bonchev–Trinajstić information content (AvgIpc) is 2.39. The third-order valence-corrected chi connectivity index (χ3v) is 3.70. The van der Waals surface area contributed by atoms with Crippen LogP contribution in [0.3, 0.4) is 0 Å². The minimum absolute atomic E-state index is 0. The number of carbonyl (C=O) groups is 2. The summed E-state index contributed by atoms with van der Waals surface area (Å²) in [4.78, 5) is 21.4. The molecule has 22 heavy (non-hydrogen) atoms. The van der Waals surface area contributed by atoms with Gasteiger partial charge in [0.1, 0.15) is 0 Å². The largest absolute Gasteiger partial charge is 0.481 e. The molecule has 2 N–H and O–H groups in total. The fourth-order valence-corrected chi connectivity index (χ4v) is 2.39. The molecule has 0 amide bonds. The Kier molecular flexibility index (Phi) is 25.2. The van der Waals surface area contributed by atoms with E-state index in [0.29, 0.717) is 0 Å². The Labute approximate surface area is 179 Å². The predicted octanol–water partition coefficient (Wildman–Crippen LogP) is 3.71. The van der Waals surface area contributed by atoms with Gasteiger partial charge in [-0.25, -0.2) is 0 Å². The van der Waals surface area contributed by atoms with Crippen LogP contribution in [0.2, 0.25) is 0 Å². The van der Waals surface area contributed by atoms with Gasteiger partial charge in [-0.1, -0.05) is 58.3 Å². The van der Waals surface area contributed by atoms with E-state index in [-0.39, 0.29) is 71.5 Å². The van der Waals surface area contributed by atoms with Gasteiger partial charge in [-0.15, -0.1) is 0 Å². The van der Waals surface area contributed by atoms with Crippen molar-refractivity contribution in [3.63, 3.8) is 0 Å². The van der Waals surface area contributed by atoms with Crippen molar-refractivity contribution >= 4 is 71.1 Å². The molecular weight excluding hydrogens is 302 g/mol. The smallest absolute Gasteiger partial charge is 0.306 e. The van der Waals surface area contributed by atoms with Crippen LogP contribution < -0.4 is 0 Å². The first kappa shape index (κ1) is 27.8. The summed E-state index contributed by atoms with van der Waals surface area (Å²) in [6, 6.07) is 0. The van der Waals surface area contributed by atoms with Gasteiger partial charge in [0.15, 0.2) is 0 Å². The summed E-state index contributed by atoms with van der Waals surface area (Å²) in [5.74, 6) is -1.52. The van der Waals surface area contributed by atoms with Crippen molar-refractivity contribution in [1.29, 1.82) is 0 Å². The summed E-state index contributed by atoms with van der Waals surface area (Å²) in [7, 11) is 0. The van der Waals surface area contributed by atoms with E-state index in [1.807, 2.05) is 0 Å². The molecule has 0 aromatic rings. The number of hydrogen-bond donors (Lipinski definition) is 2. The maximum Gasteiger partial charge on any atom is 0.306 e. The molecule has 1 unspecified atom stereocenters. The molecule has 1 atom stereocenters. The third kappa shape index (κ3) is 19.0. The van der Waals surface area contributed by atoms with Crippen molar-refractivity contribution in [1.82, 2.24) is 0 Å². The zero-order valence-corrected chi connectivity index (χ0v) is 18.8. The molecular formula is C16H30Na2O4. The Morgan fingerprint density at radius 2 is 1.23 bits per heavy atom. The van der Waals surface area contributed by atoms with Gasteiger partial charge in [0, 0.05) is 65.5 Å². The molecule has 0 fully saturated rings. The quantitative estimate of drug-likeness (QED) is 0.376. The molecule has 0 spiro atoms. The molecule has 0 aliphatic carbocycles. The van der Waals surface area contributed by atoms with Crippen molar-refractivity contribution in [2.75, 3.05) is 0 Å². The number of carboxylic acids is 2. The van der Waals surface area contributed by atoms with Gasteiger partial charge in [0.2, 0.25) is 0 Å². The number of rotatable bonds is 14. The predicted molar refractivity (Wildman–Crippen MR) is 91.3 cm³/mol. The number of hydrogen-bond acceptors (Lipinski definition) is 2. The van der Waals surface area contributed by atoms with Crippen LogP contribution in [0.5, 0.6) is 0 Å². The standard InChI is InChI=1S/C16H30O4.2Na/c1-2-3-11-14(16(19)20)12-9-7-5-4-6-8-10-13-15(17)18;;/h14H,2-13H2,1H3,(H,17,18)(H,19,20);;. The number of unbranched alkanes of at least 4 members (excludes halogenated alkanes) is 7. The summed E-state index contributed by atoms with van der Waals surface area (Å²) >= 11 is 0. The summed E-state index contributed by atoms with van der Waals surface area (Å²) in [6.45, 7) is 2.09. The van der Waals surface area contributed by atoms with E-state index < -0.39 is 11.9 Å². The molecule has 0 aromatic carbocycles. The molecule has 0 heterocycles. The first-order chi connectivity index (χ1) is 9.57. The second-order valence-corrected chi connectivity index (χ2v) is 5.58. The van der Waals surface area contributed by atoms with Crippen LogP contribution in [0.15, 0.2) is 0 Å². The van der Waals surface area contributed by atoms with E-state index in [9.17, 15) is 9.59 Å². The van der Waals surface area contributed by atoms with Gasteiger partial charge in [0.05, 0.1) is 5.92 Å². The maximum absolute atomic E-state index is 11.1. The Morgan fingerprint density at radius 1 is 0.773 bits per heavy atom. The Bertz CT molecular complexity index is 273. The monoisotopic (exact) mass is 332 g/mol. The van der Waals surface area contributed by atoms with Crippen LogP contribution in [0, 0.1) is 5.92 Å². The normalized spacial score (nSPS) is 11.1. The van der Waals surface area contributed by atoms with Gasteiger partial charge in [-0.2, -0.15) is 0 Å². The molecule has 120 valence electrons. The van der Waals surface area contributed by atoms with Crippen LogP contribution in [-0.4, -0.2) is 81.3 Å². The molecule has 0 saturated carbocycles. The van der Waals surface area contributed by atoms with E-state index in [1.54, 1.807) is 0 Å². The molecule has 6 heteroatoms. The zero-order chi connectivity index (χ0) is 15.2. The second kappa shape index (κ2) is 20.0. The van der Waals surface area contributed by atoms with Crippen LogP contribution in [0.1, 0.15) is 84.0 Å². The number of aliphatic carboxylic acids is 2. The fourth-order valence-electron chi connectivity index (χ4n) is 2.39. The molecule has 0 aromatic heterocycles. The van der Waals surface area contributed by atoms with Gasteiger partial charge >= 0.3 is 11.9 Å². The minimum atomic E-state index is -0.711. The zero-order valence-electron chi connectivity index (χ0n) is 14.8. The maximum atomic E-state index is 11.1. The van der Waals surface area contributed by atoms with Gasteiger partial charge < -0.3 is 10.2 Å². The Morgan fingerprint density at radius 3 is 1.68 bits per heavy atom. The van der Waals surface area contributed by atoms with E-state index in [1.165, 1.54) is 0 Å². The molecule has 4 nitrogen and oxygen atoms in total. The van der Waals surface area contributed by atoms with Crippen LogP contribution in [0.4, 0.5) is 0 Å². The van der Waals surface area contributed by atoms with E-state index in [4.69, 9.17) is 10.2 Å². The second-order valence-electron chi connectivity index (χ2n) is 5.58. The Balaban J connectivity index is -0.00000180. The minimum Gasteiger partial charge on any atom is -0.481 e. The van der Waals surface area contributed by atoms with E-state index >= 15 is 0 Å². The Hall–Kier alpha value is 0.940. The summed E-state index contributed by atoms with van der Waals surface area (Å²) < 4.78 is 0. The average molecular weight is 332 g/mol. The van der Waals surface area contributed by atoms with Crippen molar-refractivity contribution in [3.05, 3.63) is 0 Å².